The van der Waals surface area contributed by atoms with Gasteiger partial charge in [-0.3, -0.25) is 14.5 Å². The summed E-state index contributed by atoms with van der Waals surface area (Å²) in [5.74, 6) is -4.50. The topological polar surface area (TPSA) is 159 Å². The smallest absolute Gasteiger partial charge is 0.410 e. The van der Waals surface area contributed by atoms with Crippen molar-refractivity contribution in [2.45, 2.75) is 25.1 Å². The highest BCUT2D eigenvalue weighted by molar-refractivity contribution is 6.02. The summed E-state index contributed by atoms with van der Waals surface area (Å²) in [7, 11) is 4.14. The van der Waals surface area contributed by atoms with Crippen LogP contribution in [0.2, 0.25) is 0 Å². The molecule has 3 atom stereocenters. The molecular formula is C33H35FN2O11. The van der Waals surface area contributed by atoms with E-state index in [2.05, 4.69) is 5.32 Å². The molecule has 3 unspecified atom stereocenters. The molecule has 1 saturated heterocycles. The van der Waals surface area contributed by atoms with Crippen molar-refractivity contribution in [3.8, 4) is 17.2 Å². The fraction of sp³-hybridized carbons (Fsp3) is 0.333. The predicted octanol–water partition coefficient (Wildman–Crippen LogP) is 4.35. The molecule has 1 aliphatic rings. The van der Waals surface area contributed by atoms with Crippen molar-refractivity contribution in [2.75, 3.05) is 41.5 Å². The molecule has 250 valence electrons. The van der Waals surface area contributed by atoms with E-state index in [1.807, 2.05) is 0 Å². The monoisotopic (exact) mass is 654 g/mol. The maximum absolute atomic E-state index is 15.4. The Bertz CT molecular complexity index is 1570. The van der Waals surface area contributed by atoms with E-state index in [1.165, 1.54) is 57.7 Å². The minimum atomic E-state index is -1.72. The predicted molar refractivity (Wildman–Crippen MR) is 163 cm³/mol. The number of ether oxygens (including phenoxy) is 6. The Labute approximate surface area is 270 Å². The van der Waals surface area contributed by atoms with Crippen LogP contribution in [0.5, 0.6) is 17.2 Å². The second-order valence-corrected chi connectivity index (χ2v) is 10.3. The lowest BCUT2D eigenvalue weighted by atomic mass is 9.86. The highest BCUT2D eigenvalue weighted by atomic mass is 19.1. The number of methoxy groups -OCH3 is 3. The number of carbonyl (C=O) groups excluding carboxylic acids is 3. The molecule has 0 aliphatic carbocycles. The number of carboxylic acid groups (broad SMARTS) is 1. The van der Waals surface area contributed by atoms with E-state index >= 15 is 4.39 Å². The summed E-state index contributed by atoms with van der Waals surface area (Å²) in [5.41, 5.74) is -0.388. The number of halogens is 1. The van der Waals surface area contributed by atoms with Gasteiger partial charge >= 0.3 is 12.1 Å². The molecular weight excluding hydrogens is 619 g/mol. The van der Waals surface area contributed by atoms with E-state index < -0.39 is 53.3 Å². The molecule has 1 heterocycles. The number of likely N-dealkylation sites (tertiary alicyclic amines) is 1. The molecule has 1 fully saturated rings. The zero-order chi connectivity index (χ0) is 33.9. The van der Waals surface area contributed by atoms with E-state index in [0.29, 0.717) is 5.75 Å². The number of amides is 2. The van der Waals surface area contributed by atoms with E-state index in [4.69, 9.17) is 28.4 Å². The third kappa shape index (κ3) is 8.34. The van der Waals surface area contributed by atoms with Crippen molar-refractivity contribution in [3.63, 3.8) is 0 Å². The minimum Gasteiger partial charge on any atom is -0.497 e. The van der Waals surface area contributed by atoms with Gasteiger partial charge in [0.1, 0.15) is 23.1 Å². The van der Waals surface area contributed by atoms with Gasteiger partial charge in [-0.25, -0.2) is 14.0 Å². The van der Waals surface area contributed by atoms with E-state index in [-0.39, 0.29) is 55.6 Å². The van der Waals surface area contributed by atoms with E-state index in [9.17, 15) is 24.3 Å². The summed E-state index contributed by atoms with van der Waals surface area (Å²) in [6, 6.07) is 14.5. The van der Waals surface area contributed by atoms with Gasteiger partial charge in [-0.2, -0.15) is 0 Å². The zero-order valence-electron chi connectivity index (χ0n) is 26.0. The maximum atomic E-state index is 15.4. The first-order valence-electron chi connectivity index (χ1n) is 14.5. The van der Waals surface area contributed by atoms with Gasteiger partial charge in [0.05, 0.1) is 29.8 Å². The lowest BCUT2D eigenvalue weighted by Gasteiger charge is -2.35. The molecule has 3 aromatic carbocycles. The Hall–Kier alpha value is -5.21. The van der Waals surface area contributed by atoms with Crippen LogP contribution in [0.25, 0.3) is 0 Å². The summed E-state index contributed by atoms with van der Waals surface area (Å²) in [6.45, 7) is -0.665. The molecule has 0 spiro atoms. The zero-order valence-corrected chi connectivity index (χ0v) is 26.0. The summed E-state index contributed by atoms with van der Waals surface area (Å²) in [6.07, 6.45) is -3.09. The highest BCUT2D eigenvalue weighted by Gasteiger charge is 2.46. The summed E-state index contributed by atoms with van der Waals surface area (Å²) < 4.78 is 47.4. The van der Waals surface area contributed by atoms with Crippen LogP contribution in [0, 0.1) is 11.7 Å². The van der Waals surface area contributed by atoms with Crippen molar-refractivity contribution in [1.29, 1.82) is 0 Å². The van der Waals surface area contributed by atoms with Gasteiger partial charge in [0.15, 0.2) is 19.4 Å². The van der Waals surface area contributed by atoms with Gasteiger partial charge in [-0.15, -0.1) is 0 Å². The fourth-order valence-corrected chi connectivity index (χ4v) is 5.20. The average Bonchev–Trinajstić information content (AvgIpc) is 3.25. The Morgan fingerprint density at radius 1 is 0.915 bits per heavy atom. The molecule has 14 heteroatoms. The van der Waals surface area contributed by atoms with Crippen LogP contribution >= 0.6 is 0 Å². The van der Waals surface area contributed by atoms with Crippen LogP contribution in [-0.4, -0.2) is 87.5 Å². The quantitative estimate of drug-likeness (QED) is 0.153. The number of nitrogens with zero attached hydrogens (tertiary/aromatic N) is 1. The van der Waals surface area contributed by atoms with Gasteiger partial charge in [0.2, 0.25) is 6.23 Å². The molecule has 0 saturated carbocycles. The Kier molecular flexibility index (Phi) is 12.1. The fourth-order valence-electron chi connectivity index (χ4n) is 5.20. The highest BCUT2D eigenvalue weighted by Crippen LogP contribution is 2.33. The number of Topliss-reactive ketones (excluding diaryl/α,β-unsaturated/α-hetero) is 1. The number of rotatable bonds is 13. The van der Waals surface area contributed by atoms with E-state index in [1.54, 1.807) is 24.3 Å². The number of esters is 1. The molecule has 47 heavy (non-hydrogen) atoms. The second-order valence-electron chi connectivity index (χ2n) is 10.3. The average molecular weight is 655 g/mol. The molecule has 1 aliphatic heterocycles. The number of ketones is 1. The summed E-state index contributed by atoms with van der Waals surface area (Å²) in [4.78, 5) is 55.0. The summed E-state index contributed by atoms with van der Waals surface area (Å²) >= 11 is 0. The van der Waals surface area contributed by atoms with Gasteiger partial charge < -0.3 is 38.8 Å². The van der Waals surface area contributed by atoms with Gasteiger partial charge in [0.25, 0.3) is 5.91 Å². The number of carbonyl (C=O) groups is 4. The van der Waals surface area contributed by atoms with Crippen molar-refractivity contribution >= 4 is 23.8 Å². The molecule has 2 N–H and O–H groups in total. The normalized spacial score (nSPS) is 17.6. The number of nitrogens with one attached hydrogen (secondary N) is 1. The minimum absolute atomic E-state index is 0.0177. The van der Waals surface area contributed by atoms with Crippen LogP contribution in [0.1, 0.15) is 43.9 Å². The van der Waals surface area contributed by atoms with Crippen LogP contribution < -0.4 is 19.5 Å². The van der Waals surface area contributed by atoms with Crippen molar-refractivity contribution in [1.82, 2.24) is 10.2 Å². The lowest BCUT2D eigenvalue weighted by molar-refractivity contribution is -0.0417. The largest absolute Gasteiger partial charge is 0.497 e. The van der Waals surface area contributed by atoms with Crippen LogP contribution in [0.4, 0.5) is 9.18 Å². The third-order valence-corrected chi connectivity index (χ3v) is 7.40. The molecule has 13 nitrogen and oxygen atoms in total. The first-order chi connectivity index (χ1) is 22.7. The number of benzene rings is 3. The maximum Gasteiger partial charge on any atom is 0.410 e. The lowest BCUT2D eigenvalue weighted by Crippen LogP contribution is -2.58. The first-order valence-corrected chi connectivity index (χ1v) is 14.5. The molecule has 0 radical (unpaired) electrons. The molecule has 3 aromatic rings. The van der Waals surface area contributed by atoms with Crippen molar-refractivity contribution in [3.05, 3.63) is 89.2 Å². The third-order valence-electron chi connectivity index (χ3n) is 7.40. The van der Waals surface area contributed by atoms with Crippen LogP contribution in [-0.2, 0) is 14.2 Å². The molecule has 0 bridgehead atoms. The van der Waals surface area contributed by atoms with E-state index in [0.717, 1.165) is 11.0 Å². The molecule has 4 rings (SSSR count). The standard InChI is InChI=1S/C33H35FN2O11/c1-42-18-45-25-15-14-21(44-3)17-23(25)30(38)35-28-22(29(37)27-24(34)12-7-13-26(27)46-19-43-2)11-8-16-36(33(40)41)31(28)47-32(39)20-9-5-4-6-10-20/h4-7,9-10,12-15,17,22,28,31H,8,11,16,18-19H2,1-3H3,(H,35,38)(H,40,41). The first kappa shape index (κ1) is 34.7. The summed E-state index contributed by atoms with van der Waals surface area (Å²) in [5, 5.41) is 12.9. The van der Waals surface area contributed by atoms with Gasteiger partial charge in [-0.1, -0.05) is 24.3 Å². The molecule has 0 aromatic heterocycles. The Morgan fingerprint density at radius 2 is 1.62 bits per heavy atom. The van der Waals surface area contributed by atoms with Crippen molar-refractivity contribution < 1.29 is 57.1 Å². The van der Waals surface area contributed by atoms with Crippen molar-refractivity contribution in [2.24, 2.45) is 5.92 Å². The van der Waals surface area contributed by atoms with Gasteiger partial charge in [-0.05, 0) is 55.3 Å². The van der Waals surface area contributed by atoms with Crippen LogP contribution in [0.3, 0.4) is 0 Å². The Balaban J connectivity index is 1.84. The number of hydrogen-bond acceptors (Lipinski definition) is 10. The van der Waals surface area contributed by atoms with Gasteiger partial charge in [0, 0.05) is 26.7 Å². The SMILES string of the molecule is COCOc1ccc(OC)cc1C(=O)NC1C(C(=O)c2c(F)cccc2OCOC)CCCN(C(=O)O)C1OC(=O)c1ccccc1. The Morgan fingerprint density at radius 3 is 2.28 bits per heavy atom. The molecule has 2 amide bonds. The number of hydrogen-bond donors (Lipinski definition) is 2. The van der Waals surface area contributed by atoms with Crippen LogP contribution in [0.15, 0.2) is 66.7 Å². The second kappa shape index (κ2) is 16.4.